The zero-order chi connectivity index (χ0) is 20.1. The Balaban J connectivity index is 1.34. The Kier molecular flexibility index (Phi) is 5.77. The van der Waals surface area contributed by atoms with E-state index in [1.807, 2.05) is 41.8 Å². The fourth-order valence-electron chi connectivity index (χ4n) is 3.03. The summed E-state index contributed by atoms with van der Waals surface area (Å²) in [7, 11) is 0. The number of aryl methyl sites for hydroxylation is 1. The van der Waals surface area contributed by atoms with Crippen LogP contribution >= 0.6 is 11.3 Å². The van der Waals surface area contributed by atoms with Gasteiger partial charge in [0.25, 0.3) is 0 Å². The minimum Gasteiger partial charge on any atom is -0.326 e. The molecule has 4 aromatic rings. The molecule has 0 aliphatic carbocycles. The van der Waals surface area contributed by atoms with Crippen molar-refractivity contribution in [2.24, 2.45) is 0 Å². The fraction of sp³-hybridized carbons (Fsp3) is 0.125. The lowest BCUT2D eigenvalue weighted by molar-refractivity contribution is -0.115. The zero-order valence-electron chi connectivity index (χ0n) is 16.1. The van der Waals surface area contributed by atoms with E-state index in [-0.39, 0.29) is 12.3 Å². The normalized spacial score (nSPS) is 10.7. The van der Waals surface area contributed by atoms with Crippen LogP contribution in [0.3, 0.4) is 0 Å². The van der Waals surface area contributed by atoms with Gasteiger partial charge in [0, 0.05) is 29.0 Å². The van der Waals surface area contributed by atoms with Crippen molar-refractivity contribution in [1.29, 1.82) is 0 Å². The van der Waals surface area contributed by atoms with E-state index in [0.29, 0.717) is 0 Å². The molecule has 0 unspecified atom stereocenters. The van der Waals surface area contributed by atoms with Crippen LogP contribution in [0.15, 0.2) is 78.4 Å². The summed E-state index contributed by atoms with van der Waals surface area (Å²) in [6.45, 7) is 2.06. The van der Waals surface area contributed by atoms with Gasteiger partial charge in [0.1, 0.15) is 5.01 Å². The van der Waals surface area contributed by atoms with Crippen molar-refractivity contribution in [2.45, 2.75) is 19.8 Å². The molecule has 0 radical (unpaired) electrons. The summed E-state index contributed by atoms with van der Waals surface area (Å²) in [5.41, 5.74) is 6.29. The summed E-state index contributed by atoms with van der Waals surface area (Å²) in [5, 5.41) is 5.84. The van der Waals surface area contributed by atoms with Crippen LogP contribution in [0, 0.1) is 6.92 Å². The van der Waals surface area contributed by atoms with E-state index in [2.05, 4.69) is 46.5 Å². The van der Waals surface area contributed by atoms with Crippen molar-refractivity contribution in [3.8, 4) is 10.6 Å². The SMILES string of the molecule is Cc1ccc(-c2nc(CC(=O)Nc3ccc(Cc4ccncc4)cc3)cs2)cc1. The Morgan fingerprint density at radius 2 is 1.62 bits per heavy atom. The maximum Gasteiger partial charge on any atom is 0.230 e. The molecular weight excluding hydrogens is 378 g/mol. The molecule has 5 heteroatoms. The van der Waals surface area contributed by atoms with Crippen LogP contribution in [-0.2, 0) is 17.6 Å². The third kappa shape index (κ3) is 5.15. The third-order valence-electron chi connectivity index (χ3n) is 4.59. The molecular formula is C24H21N3OS. The van der Waals surface area contributed by atoms with Crippen molar-refractivity contribution in [2.75, 3.05) is 5.32 Å². The van der Waals surface area contributed by atoms with Gasteiger partial charge in [-0.3, -0.25) is 9.78 Å². The number of nitrogens with zero attached hydrogens (tertiary/aromatic N) is 2. The molecule has 144 valence electrons. The first kappa shape index (κ1) is 19.0. The minimum absolute atomic E-state index is 0.0624. The smallest absolute Gasteiger partial charge is 0.230 e. The molecule has 0 saturated carbocycles. The van der Waals surface area contributed by atoms with Crippen LogP contribution in [0.2, 0.25) is 0 Å². The average Bonchev–Trinajstić information content (AvgIpc) is 3.19. The van der Waals surface area contributed by atoms with E-state index in [1.165, 1.54) is 16.7 Å². The van der Waals surface area contributed by atoms with Crippen molar-refractivity contribution in [1.82, 2.24) is 9.97 Å². The minimum atomic E-state index is -0.0624. The van der Waals surface area contributed by atoms with Gasteiger partial charge in [-0.2, -0.15) is 0 Å². The van der Waals surface area contributed by atoms with E-state index in [0.717, 1.165) is 28.4 Å². The quantitative estimate of drug-likeness (QED) is 0.480. The first-order chi connectivity index (χ1) is 14.2. The molecule has 0 bridgehead atoms. The van der Waals surface area contributed by atoms with Gasteiger partial charge in [0.05, 0.1) is 12.1 Å². The number of carbonyl (C=O) groups excluding carboxylic acids is 1. The highest BCUT2D eigenvalue weighted by molar-refractivity contribution is 7.13. The summed E-state index contributed by atoms with van der Waals surface area (Å²) < 4.78 is 0. The number of benzene rings is 2. The maximum atomic E-state index is 12.4. The van der Waals surface area contributed by atoms with Crippen LogP contribution < -0.4 is 5.32 Å². The number of aromatic nitrogens is 2. The lowest BCUT2D eigenvalue weighted by Crippen LogP contribution is -2.14. The number of thiazole rings is 1. The van der Waals surface area contributed by atoms with Crippen molar-refractivity contribution in [3.05, 3.63) is 101 Å². The topological polar surface area (TPSA) is 54.9 Å². The molecule has 2 aromatic carbocycles. The molecule has 29 heavy (non-hydrogen) atoms. The number of anilines is 1. The molecule has 1 N–H and O–H groups in total. The second kappa shape index (κ2) is 8.80. The van der Waals surface area contributed by atoms with E-state index < -0.39 is 0 Å². The highest BCUT2D eigenvalue weighted by Gasteiger charge is 2.09. The van der Waals surface area contributed by atoms with Crippen LogP contribution in [-0.4, -0.2) is 15.9 Å². The van der Waals surface area contributed by atoms with Crippen LogP contribution in [0.5, 0.6) is 0 Å². The van der Waals surface area contributed by atoms with Gasteiger partial charge in [-0.05, 0) is 48.7 Å². The Bertz CT molecular complexity index is 1090. The Hall–Kier alpha value is -3.31. The molecule has 4 nitrogen and oxygen atoms in total. The predicted molar refractivity (Wildman–Crippen MR) is 118 cm³/mol. The first-order valence-electron chi connectivity index (χ1n) is 9.45. The first-order valence-corrected chi connectivity index (χ1v) is 10.3. The van der Waals surface area contributed by atoms with Crippen molar-refractivity contribution >= 4 is 22.9 Å². The Labute approximate surface area is 174 Å². The number of carbonyl (C=O) groups is 1. The monoisotopic (exact) mass is 399 g/mol. The summed E-state index contributed by atoms with van der Waals surface area (Å²) in [5.74, 6) is -0.0624. The molecule has 0 aliphatic heterocycles. The summed E-state index contributed by atoms with van der Waals surface area (Å²) in [4.78, 5) is 21.0. The lowest BCUT2D eigenvalue weighted by atomic mass is 10.1. The molecule has 0 fully saturated rings. The van der Waals surface area contributed by atoms with E-state index in [9.17, 15) is 4.79 Å². The molecule has 0 atom stereocenters. The highest BCUT2D eigenvalue weighted by atomic mass is 32.1. The van der Waals surface area contributed by atoms with E-state index >= 15 is 0 Å². The van der Waals surface area contributed by atoms with Gasteiger partial charge in [-0.15, -0.1) is 11.3 Å². The summed E-state index contributed by atoms with van der Waals surface area (Å²) in [6.07, 6.45) is 4.71. The summed E-state index contributed by atoms with van der Waals surface area (Å²) in [6, 6.07) is 20.2. The number of rotatable bonds is 6. The molecule has 0 aliphatic rings. The second-order valence-electron chi connectivity index (χ2n) is 6.96. The lowest BCUT2D eigenvalue weighted by Gasteiger charge is -2.06. The number of nitrogens with one attached hydrogen (secondary N) is 1. The van der Waals surface area contributed by atoms with Gasteiger partial charge >= 0.3 is 0 Å². The molecule has 2 aromatic heterocycles. The van der Waals surface area contributed by atoms with Gasteiger partial charge in [-0.1, -0.05) is 42.0 Å². The van der Waals surface area contributed by atoms with Gasteiger partial charge in [0.15, 0.2) is 0 Å². The number of pyridine rings is 1. The van der Waals surface area contributed by atoms with Gasteiger partial charge in [0.2, 0.25) is 5.91 Å². The number of amides is 1. The zero-order valence-corrected chi connectivity index (χ0v) is 16.9. The molecule has 0 saturated heterocycles. The van der Waals surface area contributed by atoms with E-state index in [4.69, 9.17) is 0 Å². The third-order valence-corrected chi connectivity index (χ3v) is 5.53. The Morgan fingerprint density at radius 3 is 2.34 bits per heavy atom. The van der Waals surface area contributed by atoms with E-state index in [1.54, 1.807) is 23.7 Å². The van der Waals surface area contributed by atoms with Gasteiger partial charge in [-0.25, -0.2) is 4.98 Å². The highest BCUT2D eigenvalue weighted by Crippen LogP contribution is 2.24. The largest absolute Gasteiger partial charge is 0.326 e. The molecule has 0 spiro atoms. The summed E-state index contributed by atoms with van der Waals surface area (Å²) >= 11 is 1.56. The maximum absolute atomic E-state index is 12.4. The second-order valence-corrected chi connectivity index (χ2v) is 7.82. The molecule has 2 heterocycles. The number of hydrogen-bond acceptors (Lipinski definition) is 4. The van der Waals surface area contributed by atoms with Crippen molar-refractivity contribution in [3.63, 3.8) is 0 Å². The van der Waals surface area contributed by atoms with Crippen molar-refractivity contribution < 1.29 is 4.79 Å². The Morgan fingerprint density at radius 1 is 0.931 bits per heavy atom. The standard InChI is InChI=1S/C24H21N3OS/c1-17-2-6-20(7-3-17)24-27-22(16-29-24)15-23(28)26-21-8-4-18(5-9-21)14-19-10-12-25-13-11-19/h2-13,16H,14-15H2,1H3,(H,26,28). The fourth-order valence-corrected chi connectivity index (χ4v) is 3.85. The molecule has 4 rings (SSSR count). The van der Waals surface area contributed by atoms with Gasteiger partial charge < -0.3 is 5.32 Å². The predicted octanol–water partition coefficient (Wildman–Crippen LogP) is 5.29. The van der Waals surface area contributed by atoms with Crippen LogP contribution in [0.1, 0.15) is 22.4 Å². The van der Waals surface area contributed by atoms with Crippen LogP contribution in [0.25, 0.3) is 10.6 Å². The van der Waals surface area contributed by atoms with Crippen LogP contribution in [0.4, 0.5) is 5.69 Å². The average molecular weight is 400 g/mol. The molecule has 1 amide bonds. The number of hydrogen-bond donors (Lipinski definition) is 1.